The summed E-state index contributed by atoms with van der Waals surface area (Å²) in [7, 11) is 0. The van der Waals surface area contributed by atoms with Gasteiger partial charge in [-0.15, -0.1) is 12.4 Å². The number of halogens is 1. The lowest BCUT2D eigenvalue weighted by molar-refractivity contribution is -0.121. The van der Waals surface area contributed by atoms with Crippen molar-refractivity contribution in [2.45, 2.75) is 39.2 Å². The van der Waals surface area contributed by atoms with E-state index in [1.165, 1.54) is 5.56 Å². The number of aryl methyl sites for hydroxylation is 1. The van der Waals surface area contributed by atoms with E-state index in [-0.39, 0.29) is 23.9 Å². The third kappa shape index (κ3) is 8.77. The standard InChI is InChI=1S/C15H24N2O2.ClH/c1-12-6-4-7-13(10-12)19-9-5-8-14(18)17-11-15(2,3)16;/h4,6-7,10H,5,8-9,11,16H2,1-3H3,(H,17,18);1H. The van der Waals surface area contributed by atoms with Crippen LogP contribution in [-0.2, 0) is 4.79 Å². The van der Waals surface area contributed by atoms with Crippen LogP contribution in [0, 0.1) is 6.92 Å². The molecule has 0 aliphatic carbocycles. The fraction of sp³-hybridized carbons (Fsp3) is 0.533. The molecule has 0 saturated heterocycles. The van der Waals surface area contributed by atoms with E-state index >= 15 is 0 Å². The van der Waals surface area contributed by atoms with Crippen LogP contribution in [0.5, 0.6) is 5.75 Å². The van der Waals surface area contributed by atoms with Crippen LogP contribution in [0.25, 0.3) is 0 Å². The van der Waals surface area contributed by atoms with Gasteiger partial charge in [-0.05, 0) is 44.9 Å². The van der Waals surface area contributed by atoms with E-state index in [9.17, 15) is 4.79 Å². The number of amides is 1. The number of benzene rings is 1. The van der Waals surface area contributed by atoms with Crippen molar-refractivity contribution in [1.29, 1.82) is 0 Å². The molecule has 0 aliphatic heterocycles. The van der Waals surface area contributed by atoms with Crippen molar-refractivity contribution in [1.82, 2.24) is 5.32 Å². The number of nitrogens with one attached hydrogen (secondary N) is 1. The summed E-state index contributed by atoms with van der Waals surface area (Å²) in [6, 6.07) is 7.89. The van der Waals surface area contributed by atoms with Gasteiger partial charge in [0.25, 0.3) is 0 Å². The van der Waals surface area contributed by atoms with E-state index in [4.69, 9.17) is 10.5 Å². The maximum Gasteiger partial charge on any atom is 0.220 e. The van der Waals surface area contributed by atoms with Gasteiger partial charge < -0.3 is 15.8 Å². The molecule has 1 rings (SSSR count). The summed E-state index contributed by atoms with van der Waals surface area (Å²) in [5.41, 5.74) is 6.59. The van der Waals surface area contributed by atoms with Gasteiger partial charge in [0, 0.05) is 18.5 Å². The molecular weight excluding hydrogens is 276 g/mol. The maximum atomic E-state index is 11.5. The number of ether oxygens (including phenoxy) is 1. The molecular formula is C15H25ClN2O2. The molecule has 0 aromatic heterocycles. The molecule has 0 saturated carbocycles. The zero-order valence-electron chi connectivity index (χ0n) is 12.4. The average Bonchev–Trinajstić information content (AvgIpc) is 2.31. The minimum Gasteiger partial charge on any atom is -0.494 e. The minimum absolute atomic E-state index is 0. The second-order valence-corrected chi connectivity index (χ2v) is 5.53. The van der Waals surface area contributed by atoms with Gasteiger partial charge in [-0.2, -0.15) is 0 Å². The molecule has 3 N–H and O–H groups in total. The molecule has 0 aliphatic rings. The molecule has 20 heavy (non-hydrogen) atoms. The normalized spacial score (nSPS) is 10.6. The van der Waals surface area contributed by atoms with Crippen LogP contribution in [0.15, 0.2) is 24.3 Å². The highest BCUT2D eigenvalue weighted by molar-refractivity contribution is 5.85. The predicted octanol–water partition coefficient (Wildman–Crippen LogP) is 2.43. The highest BCUT2D eigenvalue weighted by Gasteiger charge is 2.11. The van der Waals surface area contributed by atoms with E-state index in [0.29, 0.717) is 26.0 Å². The van der Waals surface area contributed by atoms with Crippen molar-refractivity contribution in [3.8, 4) is 5.75 Å². The van der Waals surface area contributed by atoms with Crippen molar-refractivity contribution in [2.24, 2.45) is 5.73 Å². The summed E-state index contributed by atoms with van der Waals surface area (Å²) in [6.45, 7) is 6.82. The van der Waals surface area contributed by atoms with Crippen LogP contribution in [0.4, 0.5) is 0 Å². The largest absolute Gasteiger partial charge is 0.494 e. The average molecular weight is 301 g/mol. The molecule has 0 unspecified atom stereocenters. The van der Waals surface area contributed by atoms with Gasteiger partial charge in [0.1, 0.15) is 5.75 Å². The Balaban J connectivity index is 0.00000361. The first kappa shape index (κ1) is 18.7. The Labute approximate surface area is 127 Å². The predicted molar refractivity (Wildman–Crippen MR) is 84.4 cm³/mol. The van der Waals surface area contributed by atoms with E-state index in [1.807, 2.05) is 45.0 Å². The summed E-state index contributed by atoms with van der Waals surface area (Å²) in [5.74, 6) is 0.870. The van der Waals surface area contributed by atoms with Crippen LogP contribution in [-0.4, -0.2) is 24.6 Å². The summed E-state index contributed by atoms with van der Waals surface area (Å²) in [6.07, 6.45) is 1.16. The van der Waals surface area contributed by atoms with Gasteiger partial charge >= 0.3 is 0 Å². The number of rotatable bonds is 7. The van der Waals surface area contributed by atoms with Gasteiger partial charge in [-0.3, -0.25) is 4.79 Å². The summed E-state index contributed by atoms with van der Waals surface area (Å²) < 4.78 is 5.58. The monoisotopic (exact) mass is 300 g/mol. The molecule has 0 fully saturated rings. The molecule has 1 amide bonds. The molecule has 5 heteroatoms. The lowest BCUT2D eigenvalue weighted by atomic mass is 10.1. The van der Waals surface area contributed by atoms with Crippen LogP contribution in [0.1, 0.15) is 32.3 Å². The van der Waals surface area contributed by atoms with Gasteiger partial charge in [0.2, 0.25) is 5.91 Å². The summed E-state index contributed by atoms with van der Waals surface area (Å²) in [5, 5.41) is 2.81. The Hall–Kier alpha value is -1.26. The minimum atomic E-state index is -0.367. The Morgan fingerprint density at radius 3 is 2.70 bits per heavy atom. The van der Waals surface area contributed by atoms with E-state index in [2.05, 4.69) is 5.32 Å². The Kier molecular flexibility index (Phi) is 8.26. The number of hydrogen-bond donors (Lipinski definition) is 2. The number of carbonyl (C=O) groups excluding carboxylic acids is 1. The summed E-state index contributed by atoms with van der Waals surface area (Å²) >= 11 is 0. The van der Waals surface area contributed by atoms with E-state index < -0.39 is 0 Å². The quantitative estimate of drug-likeness (QED) is 0.760. The van der Waals surface area contributed by atoms with Gasteiger partial charge in [0.15, 0.2) is 0 Å². The van der Waals surface area contributed by atoms with Crippen LogP contribution in [0.3, 0.4) is 0 Å². The zero-order valence-corrected chi connectivity index (χ0v) is 13.3. The smallest absolute Gasteiger partial charge is 0.220 e. The Morgan fingerprint density at radius 1 is 1.40 bits per heavy atom. The van der Waals surface area contributed by atoms with Crippen molar-refractivity contribution in [3.63, 3.8) is 0 Å². The first-order valence-electron chi connectivity index (χ1n) is 6.62. The van der Waals surface area contributed by atoms with Gasteiger partial charge in [0.05, 0.1) is 6.61 Å². The van der Waals surface area contributed by atoms with E-state index in [1.54, 1.807) is 0 Å². The van der Waals surface area contributed by atoms with Crippen molar-refractivity contribution in [3.05, 3.63) is 29.8 Å². The van der Waals surface area contributed by atoms with Crippen LogP contribution in [0.2, 0.25) is 0 Å². The molecule has 1 aromatic carbocycles. The third-order valence-corrected chi connectivity index (χ3v) is 2.55. The lowest BCUT2D eigenvalue weighted by Gasteiger charge is -2.18. The molecule has 0 bridgehead atoms. The molecule has 114 valence electrons. The fourth-order valence-electron chi connectivity index (χ4n) is 1.54. The molecule has 4 nitrogen and oxygen atoms in total. The van der Waals surface area contributed by atoms with Crippen LogP contribution >= 0.6 is 12.4 Å². The molecule has 0 heterocycles. The lowest BCUT2D eigenvalue weighted by Crippen LogP contribution is -2.45. The fourth-order valence-corrected chi connectivity index (χ4v) is 1.54. The Morgan fingerprint density at radius 2 is 2.10 bits per heavy atom. The Bertz CT molecular complexity index is 417. The number of nitrogens with two attached hydrogens (primary N) is 1. The third-order valence-electron chi connectivity index (χ3n) is 2.55. The van der Waals surface area contributed by atoms with Crippen molar-refractivity contribution >= 4 is 18.3 Å². The van der Waals surface area contributed by atoms with Crippen molar-refractivity contribution < 1.29 is 9.53 Å². The highest BCUT2D eigenvalue weighted by Crippen LogP contribution is 2.12. The second-order valence-electron chi connectivity index (χ2n) is 5.53. The molecule has 0 spiro atoms. The maximum absolute atomic E-state index is 11.5. The molecule has 0 radical (unpaired) electrons. The zero-order chi connectivity index (χ0) is 14.3. The molecule has 0 atom stereocenters. The SMILES string of the molecule is Cc1cccc(OCCCC(=O)NCC(C)(C)N)c1.Cl. The second kappa shape index (κ2) is 8.82. The van der Waals surface area contributed by atoms with E-state index in [0.717, 1.165) is 5.75 Å². The van der Waals surface area contributed by atoms with Gasteiger partial charge in [-0.1, -0.05) is 12.1 Å². The molecule has 1 aromatic rings. The topological polar surface area (TPSA) is 64.3 Å². The van der Waals surface area contributed by atoms with Crippen LogP contribution < -0.4 is 15.8 Å². The highest BCUT2D eigenvalue weighted by atomic mass is 35.5. The first-order chi connectivity index (χ1) is 8.87. The van der Waals surface area contributed by atoms with Crippen molar-refractivity contribution in [2.75, 3.05) is 13.2 Å². The first-order valence-corrected chi connectivity index (χ1v) is 6.62. The summed E-state index contributed by atoms with van der Waals surface area (Å²) in [4.78, 5) is 11.5. The number of hydrogen-bond acceptors (Lipinski definition) is 3. The number of carbonyl (C=O) groups is 1. The van der Waals surface area contributed by atoms with Gasteiger partial charge in [-0.25, -0.2) is 0 Å².